The molecule has 3 unspecified atom stereocenters. The average molecular weight is 350 g/mol. The molecule has 110 valence electrons. The largest absolute Gasteiger partial charge is 0.376 e. The van der Waals surface area contributed by atoms with Crippen molar-refractivity contribution in [3.05, 3.63) is 0 Å². The molecule has 0 aromatic heterocycles. The Morgan fingerprint density at radius 1 is 1.47 bits per heavy atom. The lowest BCUT2D eigenvalue weighted by Gasteiger charge is -2.33. The van der Waals surface area contributed by atoms with Gasteiger partial charge in [0.1, 0.15) is 0 Å². The average Bonchev–Trinajstić information content (AvgIpc) is 3.06. The van der Waals surface area contributed by atoms with E-state index in [0.717, 1.165) is 38.2 Å². The number of alkyl halides is 1. The fourth-order valence-electron chi connectivity index (χ4n) is 2.64. The summed E-state index contributed by atoms with van der Waals surface area (Å²) in [5.74, 6) is 2.83. The topological polar surface area (TPSA) is 29.5 Å². The first-order valence-corrected chi connectivity index (χ1v) is 9.30. The molecule has 3 nitrogen and oxygen atoms in total. The van der Waals surface area contributed by atoms with Gasteiger partial charge in [0.25, 0.3) is 0 Å². The van der Waals surface area contributed by atoms with Crippen LogP contribution in [0.3, 0.4) is 0 Å². The van der Waals surface area contributed by atoms with Crippen molar-refractivity contribution in [3.8, 4) is 0 Å². The summed E-state index contributed by atoms with van der Waals surface area (Å²) in [6.07, 6.45) is 3.61. The van der Waals surface area contributed by atoms with E-state index in [1.54, 1.807) is 0 Å². The number of rotatable bonds is 5. The Hall–Kier alpha value is 0.260. The molecule has 5 heteroatoms. The number of halogens is 1. The molecule has 0 aromatic rings. The van der Waals surface area contributed by atoms with Gasteiger partial charge in [0.15, 0.2) is 0 Å². The van der Waals surface area contributed by atoms with Crippen molar-refractivity contribution < 1.29 is 9.53 Å². The predicted octanol–water partition coefficient (Wildman–Crippen LogP) is 2.92. The fourth-order valence-corrected chi connectivity index (χ4v) is 4.13. The highest BCUT2D eigenvalue weighted by Crippen LogP contribution is 2.27. The maximum absolute atomic E-state index is 12.7. The molecule has 0 N–H and O–H groups in total. The third kappa shape index (κ3) is 4.11. The van der Waals surface area contributed by atoms with Crippen molar-refractivity contribution in [1.82, 2.24) is 4.90 Å². The molecule has 2 aliphatic rings. The molecule has 0 spiro atoms. The summed E-state index contributed by atoms with van der Waals surface area (Å²) in [5, 5.41) is 0. The zero-order valence-corrected chi connectivity index (χ0v) is 14.2. The molecule has 19 heavy (non-hydrogen) atoms. The van der Waals surface area contributed by atoms with E-state index in [0.29, 0.717) is 12.0 Å². The zero-order chi connectivity index (χ0) is 13.8. The minimum absolute atomic E-state index is 0.0699. The van der Waals surface area contributed by atoms with Gasteiger partial charge in [0, 0.05) is 24.9 Å². The first kappa shape index (κ1) is 15.6. The Morgan fingerprint density at radius 2 is 2.26 bits per heavy atom. The molecule has 0 radical (unpaired) electrons. The van der Waals surface area contributed by atoms with Gasteiger partial charge in [-0.3, -0.25) is 4.79 Å². The van der Waals surface area contributed by atoms with Gasteiger partial charge in [-0.15, -0.1) is 0 Å². The van der Waals surface area contributed by atoms with Gasteiger partial charge in [0.2, 0.25) is 5.91 Å². The summed E-state index contributed by atoms with van der Waals surface area (Å²) < 4.78 is 5.72. The monoisotopic (exact) mass is 349 g/mol. The number of hydrogen-bond donors (Lipinski definition) is 0. The van der Waals surface area contributed by atoms with Gasteiger partial charge in [-0.05, 0) is 30.9 Å². The highest BCUT2D eigenvalue weighted by molar-refractivity contribution is 9.10. The Morgan fingerprint density at radius 3 is 2.79 bits per heavy atom. The number of hydrogen-bond acceptors (Lipinski definition) is 3. The van der Waals surface area contributed by atoms with Crippen LogP contribution in [0.15, 0.2) is 0 Å². The second kappa shape index (κ2) is 7.32. The first-order valence-electron chi connectivity index (χ1n) is 7.23. The number of carbonyl (C=O) groups is 1. The molecule has 2 fully saturated rings. The molecule has 0 aliphatic carbocycles. The maximum atomic E-state index is 12.7. The summed E-state index contributed by atoms with van der Waals surface area (Å²) in [6, 6.07) is 0.403. The summed E-state index contributed by atoms with van der Waals surface area (Å²) in [7, 11) is 0. The van der Waals surface area contributed by atoms with Crippen LogP contribution in [0.25, 0.3) is 0 Å². The smallest absolute Gasteiger partial charge is 0.236 e. The summed E-state index contributed by atoms with van der Waals surface area (Å²) in [6.45, 7) is 5.81. The third-order valence-electron chi connectivity index (χ3n) is 3.88. The molecule has 0 aromatic carbocycles. The van der Waals surface area contributed by atoms with Crippen LogP contribution >= 0.6 is 27.7 Å². The van der Waals surface area contributed by atoms with Crippen molar-refractivity contribution in [1.29, 1.82) is 0 Å². The Bertz CT molecular complexity index is 302. The van der Waals surface area contributed by atoms with Crippen LogP contribution in [0.5, 0.6) is 0 Å². The quantitative estimate of drug-likeness (QED) is 0.714. The maximum Gasteiger partial charge on any atom is 0.236 e. The van der Waals surface area contributed by atoms with Gasteiger partial charge in [0.05, 0.1) is 10.9 Å². The lowest BCUT2D eigenvalue weighted by molar-refractivity contribution is -0.134. The third-order valence-corrected chi connectivity index (χ3v) is 6.47. The second-order valence-corrected chi connectivity index (χ2v) is 7.93. The number of amides is 1. The van der Waals surface area contributed by atoms with Crippen LogP contribution < -0.4 is 0 Å². The van der Waals surface area contributed by atoms with Crippen LogP contribution in [0.2, 0.25) is 0 Å². The Labute approximate surface area is 128 Å². The second-order valence-electron chi connectivity index (χ2n) is 5.79. The van der Waals surface area contributed by atoms with Crippen LogP contribution in [-0.4, -0.2) is 52.4 Å². The molecule has 2 rings (SSSR count). The van der Waals surface area contributed by atoms with Crippen LogP contribution in [0.1, 0.15) is 33.1 Å². The van der Waals surface area contributed by atoms with Crippen LogP contribution in [-0.2, 0) is 9.53 Å². The summed E-state index contributed by atoms with van der Waals surface area (Å²) in [5.41, 5.74) is 0. The van der Waals surface area contributed by atoms with Crippen LogP contribution in [0.4, 0.5) is 0 Å². The molecule has 0 saturated carbocycles. The normalized spacial score (nSPS) is 28.8. The molecular weight excluding hydrogens is 326 g/mol. The van der Waals surface area contributed by atoms with E-state index >= 15 is 0 Å². The van der Waals surface area contributed by atoms with Crippen molar-refractivity contribution in [2.75, 3.05) is 24.7 Å². The number of nitrogens with zero attached hydrogens (tertiary/aromatic N) is 1. The first-order chi connectivity index (χ1) is 9.09. The minimum atomic E-state index is -0.0699. The molecule has 3 atom stereocenters. The van der Waals surface area contributed by atoms with E-state index < -0.39 is 0 Å². The van der Waals surface area contributed by atoms with E-state index in [4.69, 9.17) is 4.74 Å². The van der Waals surface area contributed by atoms with Gasteiger partial charge in [-0.1, -0.05) is 29.8 Å². The fraction of sp³-hybridized carbons (Fsp3) is 0.929. The van der Waals surface area contributed by atoms with Gasteiger partial charge in [-0.25, -0.2) is 0 Å². The summed E-state index contributed by atoms with van der Waals surface area (Å²) in [4.78, 5) is 14.7. The molecule has 1 amide bonds. The highest BCUT2D eigenvalue weighted by atomic mass is 79.9. The number of ether oxygens (including phenoxy) is 1. The van der Waals surface area contributed by atoms with Gasteiger partial charge < -0.3 is 9.64 Å². The predicted molar refractivity (Wildman–Crippen MR) is 84.0 cm³/mol. The minimum Gasteiger partial charge on any atom is -0.376 e. The molecular formula is C14H24BrNO2S. The van der Waals surface area contributed by atoms with Crippen molar-refractivity contribution in [2.24, 2.45) is 5.92 Å². The SMILES string of the molecule is CC(C)C(Br)C(=O)N(CC1CCCO1)C1CCSC1. The standard InChI is InChI=1S/C14H24BrNO2S/c1-10(2)13(15)14(17)16(11-5-7-19-9-11)8-12-4-3-6-18-12/h10-13H,3-9H2,1-2H3. The number of thioether (sulfide) groups is 1. The molecule has 2 heterocycles. The highest BCUT2D eigenvalue weighted by Gasteiger charge is 2.34. The molecule has 2 saturated heterocycles. The van der Waals surface area contributed by atoms with Crippen molar-refractivity contribution in [3.63, 3.8) is 0 Å². The zero-order valence-electron chi connectivity index (χ0n) is 11.8. The lowest BCUT2D eigenvalue weighted by Crippen LogP contribution is -2.48. The lowest BCUT2D eigenvalue weighted by atomic mass is 10.1. The molecule has 0 bridgehead atoms. The van der Waals surface area contributed by atoms with Crippen LogP contribution in [0, 0.1) is 5.92 Å². The van der Waals surface area contributed by atoms with E-state index in [1.807, 2.05) is 11.8 Å². The van der Waals surface area contributed by atoms with E-state index in [9.17, 15) is 4.79 Å². The number of carbonyl (C=O) groups excluding carboxylic acids is 1. The molecule has 2 aliphatic heterocycles. The van der Waals surface area contributed by atoms with E-state index in [1.165, 1.54) is 5.75 Å². The Balaban J connectivity index is 2.01. The van der Waals surface area contributed by atoms with Crippen molar-refractivity contribution in [2.45, 2.75) is 50.1 Å². The van der Waals surface area contributed by atoms with Crippen molar-refractivity contribution >= 4 is 33.6 Å². The Kier molecular flexibility index (Phi) is 6.03. The van der Waals surface area contributed by atoms with Gasteiger partial charge in [-0.2, -0.15) is 11.8 Å². The summed E-state index contributed by atoms with van der Waals surface area (Å²) >= 11 is 5.52. The van der Waals surface area contributed by atoms with Gasteiger partial charge >= 0.3 is 0 Å². The van der Waals surface area contributed by atoms with E-state index in [-0.39, 0.29) is 16.8 Å². The van der Waals surface area contributed by atoms with E-state index in [2.05, 4.69) is 34.7 Å².